The average Bonchev–Trinajstić information content (AvgIpc) is 3.10. The molecule has 2 aromatic heterocycles. The van der Waals surface area contributed by atoms with Gasteiger partial charge in [0.2, 0.25) is 0 Å². The van der Waals surface area contributed by atoms with E-state index in [2.05, 4.69) is 6.07 Å². The Morgan fingerprint density at radius 3 is 2.88 bits per heavy atom. The van der Waals surface area contributed by atoms with Gasteiger partial charge in [0.15, 0.2) is 5.78 Å². The zero-order valence-corrected chi connectivity index (χ0v) is 9.60. The van der Waals surface area contributed by atoms with E-state index in [1.165, 1.54) is 0 Å². The highest BCUT2D eigenvalue weighted by Gasteiger charge is 2.32. The minimum absolute atomic E-state index is 0.172. The van der Waals surface area contributed by atoms with E-state index in [0.717, 1.165) is 23.9 Å². The van der Waals surface area contributed by atoms with Crippen molar-refractivity contribution in [2.24, 2.45) is 5.92 Å². The Bertz CT molecular complexity index is 657. The minimum atomic E-state index is 0.172. The molecule has 1 aliphatic rings. The number of nitrogens with zero attached hydrogens (tertiary/aromatic N) is 2. The lowest BCUT2D eigenvalue weighted by Gasteiger charge is -2.01. The first-order valence-electron chi connectivity index (χ1n) is 5.77. The van der Waals surface area contributed by atoms with Crippen LogP contribution in [0, 0.1) is 24.2 Å². The number of carbonyl (C=O) groups is 1. The average molecular weight is 224 g/mol. The summed E-state index contributed by atoms with van der Waals surface area (Å²) >= 11 is 0. The summed E-state index contributed by atoms with van der Waals surface area (Å²) in [4.78, 5) is 12.1. The van der Waals surface area contributed by atoms with Gasteiger partial charge in [0, 0.05) is 12.1 Å². The van der Waals surface area contributed by atoms with Crippen LogP contribution in [0.15, 0.2) is 24.4 Å². The van der Waals surface area contributed by atoms with Crippen molar-refractivity contribution in [2.45, 2.75) is 19.8 Å². The number of carbonyl (C=O) groups excluding carboxylic acids is 1. The van der Waals surface area contributed by atoms with Gasteiger partial charge in [0.25, 0.3) is 0 Å². The van der Waals surface area contributed by atoms with Crippen LogP contribution in [0.1, 0.15) is 34.5 Å². The summed E-state index contributed by atoms with van der Waals surface area (Å²) in [5, 5.41) is 9.10. The second kappa shape index (κ2) is 3.46. The van der Waals surface area contributed by atoms with E-state index in [-0.39, 0.29) is 11.7 Å². The Labute approximate surface area is 99.3 Å². The lowest BCUT2D eigenvalue weighted by Crippen LogP contribution is -2.05. The fraction of sp³-hybridized carbons (Fsp3) is 0.286. The van der Waals surface area contributed by atoms with E-state index >= 15 is 0 Å². The van der Waals surface area contributed by atoms with E-state index < -0.39 is 0 Å². The SMILES string of the molecule is Cc1ccn2c(C(=O)C3CC3)cc(C#N)c2c1. The Hall–Kier alpha value is -2.08. The van der Waals surface area contributed by atoms with Crippen molar-refractivity contribution in [3.05, 3.63) is 41.2 Å². The molecule has 0 unspecified atom stereocenters. The van der Waals surface area contributed by atoms with E-state index in [9.17, 15) is 4.79 Å². The Kier molecular flexibility index (Phi) is 2.05. The normalized spacial score (nSPS) is 14.8. The van der Waals surface area contributed by atoms with Crippen molar-refractivity contribution in [3.63, 3.8) is 0 Å². The third-order valence-corrected chi connectivity index (χ3v) is 3.25. The van der Waals surface area contributed by atoms with E-state index in [1.807, 2.05) is 29.7 Å². The van der Waals surface area contributed by atoms with Crippen molar-refractivity contribution in [1.82, 2.24) is 4.40 Å². The maximum absolute atomic E-state index is 12.1. The minimum Gasteiger partial charge on any atom is -0.313 e. The summed E-state index contributed by atoms with van der Waals surface area (Å²) < 4.78 is 1.84. The van der Waals surface area contributed by atoms with Crippen LogP contribution in [0.25, 0.3) is 5.52 Å². The second-order valence-corrected chi connectivity index (χ2v) is 4.65. The molecule has 2 heterocycles. The number of fused-ring (bicyclic) bond motifs is 1. The molecule has 17 heavy (non-hydrogen) atoms. The Balaban J connectivity index is 2.25. The fourth-order valence-electron chi connectivity index (χ4n) is 2.14. The van der Waals surface area contributed by atoms with Crippen LogP contribution in [0.4, 0.5) is 0 Å². The molecule has 1 aliphatic carbocycles. The van der Waals surface area contributed by atoms with Crippen LogP contribution in [0.2, 0.25) is 0 Å². The van der Waals surface area contributed by atoms with Gasteiger partial charge in [-0.1, -0.05) is 0 Å². The zero-order valence-electron chi connectivity index (χ0n) is 9.60. The van der Waals surface area contributed by atoms with Crippen molar-refractivity contribution in [1.29, 1.82) is 5.26 Å². The van der Waals surface area contributed by atoms with Crippen molar-refractivity contribution in [3.8, 4) is 6.07 Å². The maximum Gasteiger partial charge on any atom is 0.182 e. The number of rotatable bonds is 2. The predicted octanol–water partition coefficient (Wildman–Crippen LogP) is 2.71. The monoisotopic (exact) mass is 224 g/mol. The highest BCUT2D eigenvalue weighted by molar-refractivity contribution is 5.99. The van der Waals surface area contributed by atoms with Crippen molar-refractivity contribution in [2.75, 3.05) is 0 Å². The van der Waals surface area contributed by atoms with Gasteiger partial charge in [-0.15, -0.1) is 0 Å². The van der Waals surface area contributed by atoms with Gasteiger partial charge in [-0.25, -0.2) is 0 Å². The van der Waals surface area contributed by atoms with E-state index in [0.29, 0.717) is 11.3 Å². The predicted molar refractivity (Wildman–Crippen MR) is 63.9 cm³/mol. The summed E-state index contributed by atoms with van der Waals surface area (Å²) in [6, 6.07) is 7.78. The number of hydrogen-bond acceptors (Lipinski definition) is 2. The van der Waals surface area contributed by atoms with Crippen LogP contribution in [0.3, 0.4) is 0 Å². The molecule has 0 spiro atoms. The molecule has 0 aliphatic heterocycles. The van der Waals surface area contributed by atoms with Crippen molar-refractivity contribution >= 4 is 11.3 Å². The number of Topliss-reactive ketones (excluding diaryl/α,β-unsaturated/α-hetero) is 1. The summed E-state index contributed by atoms with van der Waals surface area (Å²) in [6.07, 6.45) is 3.85. The van der Waals surface area contributed by atoms with Gasteiger partial charge in [0.1, 0.15) is 6.07 Å². The summed E-state index contributed by atoms with van der Waals surface area (Å²) in [5.41, 5.74) is 3.16. The molecule has 0 radical (unpaired) electrons. The molecule has 0 aromatic carbocycles. The lowest BCUT2D eigenvalue weighted by atomic mass is 10.2. The first kappa shape index (κ1) is 10.1. The topological polar surface area (TPSA) is 45.3 Å². The highest BCUT2D eigenvalue weighted by Crippen LogP contribution is 2.33. The van der Waals surface area contributed by atoms with Gasteiger partial charge in [-0.3, -0.25) is 4.79 Å². The molecule has 2 aromatic rings. The number of ketones is 1. The smallest absolute Gasteiger partial charge is 0.182 e. The molecule has 0 saturated heterocycles. The number of aromatic nitrogens is 1. The molecule has 1 saturated carbocycles. The summed E-state index contributed by atoms with van der Waals surface area (Å²) in [6.45, 7) is 1.98. The lowest BCUT2D eigenvalue weighted by molar-refractivity contribution is 0.0962. The quantitative estimate of drug-likeness (QED) is 0.736. The van der Waals surface area contributed by atoms with Crippen LogP contribution >= 0.6 is 0 Å². The third-order valence-electron chi connectivity index (χ3n) is 3.25. The molecule has 0 amide bonds. The maximum atomic E-state index is 12.1. The summed E-state index contributed by atoms with van der Waals surface area (Å²) in [7, 11) is 0. The van der Waals surface area contributed by atoms with Crippen LogP contribution in [0.5, 0.6) is 0 Å². The van der Waals surface area contributed by atoms with Gasteiger partial charge in [-0.2, -0.15) is 5.26 Å². The molecular formula is C14H12N2O. The third kappa shape index (κ3) is 1.53. The first-order valence-corrected chi connectivity index (χ1v) is 5.77. The zero-order chi connectivity index (χ0) is 12.0. The molecule has 1 fully saturated rings. The second-order valence-electron chi connectivity index (χ2n) is 4.65. The highest BCUT2D eigenvalue weighted by atomic mass is 16.1. The van der Waals surface area contributed by atoms with Gasteiger partial charge >= 0.3 is 0 Å². The van der Waals surface area contributed by atoms with Gasteiger partial charge in [0.05, 0.1) is 16.8 Å². The number of nitriles is 1. The molecule has 0 bridgehead atoms. The molecule has 3 nitrogen and oxygen atoms in total. The number of hydrogen-bond donors (Lipinski definition) is 0. The molecule has 3 heteroatoms. The van der Waals surface area contributed by atoms with Gasteiger partial charge < -0.3 is 4.40 Å². The largest absolute Gasteiger partial charge is 0.313 e. The fourth-order valence-corrected chi connectivity index (χ4v) is 2.14. The molecule has 84 valence electrons. The summed E-state index contributed by atoms with van der Waals surface area (Å²) in [5.74, 6) is 0.353. The van der Waals surface area contributed by atoms with E-state index in [4.69, 9.17) is 5.26 Å². The van der Waals surface area contributed by atoms with Gasteiger partial charge in [-0.05, 0) is 43.5 Å². The van der Waals surface area contributed by atoms with Crippen LogP contribution < -0.4 is 0 Å². The molecule has 0 N–H and O–H groups in total. The first-order chi connectivity index (χ1) is 8.20. The Morgan fingerprint density at radius 1 is 1.47 bits per heavy atom. The van der Waals surface area contributed by atoms with Crippen LogP contribution in [-0.2, 0) is 0 Å². The number of pyridine rings is 1. The van der Waals surface area contributed by atoms with E-state index in [1.54, 1.807) is 6.07 Å². The molecule has 3 rings (SSSR count). The Morgan fingerprint density at radius 2 is 2.24 bits per heavy atom. The molecule has 0 atom stereocenters. The van der Waals surface area contributed by atoms with Crippen LogP contribution in [-0.4, -0.2) is 10.2 Å². The molecular weight excluding hydrogens is 212 g/mol. The number of aryl methyl sites for hydroxylation is 1. The standard InChI is InChI=1S/C14H12N2O/c1-9-4-5-16-12(6-9)11(8-15)7-13(16)14(17)10-2-3-10/h4-7,10H,2-3H2,1H3. The van der Waals surface area contributed by atoms with Crippen molar-refractivity contribution < 1.29 is 4.79 Å².